The minimum absolute atomic E-state index is 0.0457. The fourth-order valence-electron chi connectivity index (χ4n) is 3.20. The molecule has 28 heavy (non-hydrogen) atoms. The highest BCUT2D eigenvalue weighted by Gasteiger charge is 2.11. The average Bonchev–Trinajstić information content (AvgIpc) is 3.15. The van der Waals surface area contributed by atoms with Crippen molar-refractivity contribution < 1.29 is 9.53 Å². The minimum Gasteiger partial charge on any atom is -0.378 e. The number of thioether (sulfide) groups is 1. The van der Waals surface area contributed by atoms with Gasteiger partial charge in [0.15, 0.2) is 5.16 Å². The van der Waals surface area contributed by atoms with Crippen molar-refractivity contribution in [3.05, 3.63) is 48.5 Å². The van der Waals surface area contributed by atoms with Gasteiger partial charge in [0, 0.05) is 36.6 Å². The molecule has 2 N–H and O–H groups in total. The van der Waals surface area contributed by atoms with E-state index in [9.17, 15) is 4.79 Å². The summed E-state index contributed by atoms with van der Waals surface area (Å²) in [6.45, 7) is 3.36. The summed E-state index contributed by atoms with van der Waals surface area (Å²) >= 11 is 1.65. The van der Waals surface area contributed by atoms with Crippen LogP contribution in [0.1, 0.15) is 12.8 Å². The largest absolute Gasteiger partial charge is 0.378 e. The van der Waals surface area contributed by atoms with Crippen molar-refractivity contribution in [1.82, 2.24) is 9.97 Å². The lowest BCUT2D eigenvalue weighted by atomic mass is 10.2. The zero-order valence-electron chi connectivity index (χ0n) is 15.7. The van der Waals surface area contributed by atoms with Crippen LogP contribution < -0.4 is 10.2 Å². The minimum atomic E-state index is 0.0457. The second-order valence-corrected chi connectivity index (χ2v) is 7.79. The van der Waals surface area contributed by atoms with Crippen LogP contribution in [0.5, 0.6) is 0 Å². The Balaban J connectivity index is 1.20. The van der Waals surface area contributed by atoms with Gasteiger partial charge in [-0.25, -0.2) is 4.98 Å². The molecule has 1 aromatic heterocycles. The lowest BCUT2D eigenvalue weighted by Crippen LogP contribution is -2.36. The molecule has 0 unspecified atom stereocenters. The number of hydrogen-bond donors (Lipinski definition) is 2. The maximum atomic E-state index is 12.2. The number of carbonyl (C=O) groups is 1. The number of imidazole rings is 1. The Hall–Kier alpha value is -2.51. The molecule has 1 aliphatic heterocycles. The van der Waals surface area contributed by atoms with Gasteiger partial charge in [-0.2, -0.15) is 0 Å². The molecule has 0 spiro atoms. The molecule has 1 saturated heterocycles. The first-order valence-electron chi connectivity index (χ1n) is 9.58. The highest BCUT2D eigenvalue weighted by atomic mass is 32.2. The van der Waals surface area contributed by atoms with Crippen LogP contribution in [0, 0.1) is 0 Å². The number of fused-ring (bicyclic) bond motifs is 1. The van der Waals surface area contributed by atoms with Crippen molar-refractivity contribution in [3.8, 4) is 0 Å². The number of rotatable bonds is 7. The molecule has 3 aromatic rings. The first-order valence-corrected chi connectivity index (χ1v) is 10.6. The molecule has 1 aliphatic rings. The Morgan fingerprint density at radius 3 is 2.71 bits per heavy atom. The topological polar surface area (TPSA) is 70.2 Å². The van der Waals surface area contributed by atoms with Gasteiger partial charge in [0.05, 0.1) is 24.2 Å². The van der Waals surface area contributed by atoms with E-state index in [1.807, 2.05) is 36.4 Å². The predicted molar refractivity (Wildman–Crippen MR) is 114 cm³/mol. The smallest absolute Gasteiger partial charge is 0.224 e. The summed E-state index contributed by atoms with van der Waals surface area (Å²) in [5.74, 6) is 0.896. The van der Waals surface area contributed by atoms with Crippen LogP contribution >= 0.6 is 11.8 Å². The molecule has 0 aliphatic carbocycles. The summed E-state index contributed by atoms with van der Waals surface area (Å²) in [5, 5.41) is 3.88. The second kappa shape index (κ2) is 9.12. The number of morpholine rings is 1. The van der Waals surface area contributed by atoms with Gasteiger partial charge in [-0.3, -0.25) is 4.79 Å². The van der Waals surface area contributed by atoms with Crippen LogP contribution in [0.4, 0.5) is 11.4 Å². The van der Waals surface area contributed by atoms with Crippen molar-refractivity contribution in [2.45, 2.75) is 18.0 Å². The van der Waals surface area contributed by atoms with Gasteiger partial charge in [-0.15, -0.1) is 0 Å². The molecule has 1 fully saturated rings. The summed E-state index contributed by atoms with van der Waals surface area (Å²) in [4.78, 5) is 22.3. The summed E-state index contributed by atoms with van der Waals surface area (Å²) in [5.41, 5.74) is 4.03. The third-order valence-electron chi connectivity index (χ3n) is 4.68. The lowest BCUT2D eigenvalue weighted by molar-refractivity contribution is -0.116. The van der Waals surface area contributed by atoms with Gasteiger partial charge in [0.1, 0.15) is 0 Å². The van der Waals surface area contributed by atoms with Crippen LogP contribution in [0.3, 0.4) is 0 Å². The molecule has 2 heterocycles. The van der Waals surface area contributed by atoms with Crippen molar-refractivity contribution in [2.24, 2.45) is 0 Å². The number of aromatic amines is 1. The number of nitrogens with one attached hydrogen (secondary N) is 2. The standard InChI is InChI=1S/C21H24N4O2S/c26-20(6-3-15-28-21-23-18-4-1-2-5-19(18)24-21)22-16-7-9-17(10-8-16)25-11-13-27-14-12-25/h1-2,4-5,7-10H,3,6,11-15H2,(H,22,26)(H,23,24). The number of ether oxygens (including phenoxy) is 1. The van der Waals surface area contributed by atoms with E-state index in [2.05, 4.69) is 32.3 Å². The fraction of sp³-hybridized carbons (Fsp3) is 0.333. The third-order valence-corrected chi connectivity index (χ3v) is 5.64. The fourth-order valence-corrected chi connectivity index (χ4v) is 4.03. The molecular weight excluding hydrogens is 372 g/mol. The Bertz CT molecular complexity index is 887. The molecule has 4 rings (SSSR count). The van der Waals surface area contributed by atoms with Crippen molar-refractivity contribution >= 4 is 40.1 Å². The monoisotopic (exact) mass is 396 g/mol. The maximum absolute atomic E-state index is 12.2. The van der Waals surface area contributed by atoms with Crippen LogP contribution in [-0.4, -0.2) is 47.9 Å². The number of benzene rings is 2. The molecule has 146 valence electrons. The SMILES string of the molecule is O=C(CCCSc1nc2ccccc2[nH]1)Nc1ccc(N2CCOCC2)cc1. The van der Waals surface area contributed by atoms with Crippen molar-refractivity contribution in [3.63, 3.8) is 0 Å². The lowest BCUT2D eigenvalue weighted by Gasteiger charge is -2.28. The highest BCUT2D eigenvalue weighted by Crippen LogP contribution is 2.21. The van der Waals surface area contributed by atoms with Crippen molar-refractivity contribution in [2.75, 3.05) is 42.3 Å². The molecule has 0 radical (unpaired) electrons. The Morgan fingerprint density at radius 1 is 1.14 bits per heavy atom. The highest BCUT2D eigenvalue weighted by molar-refractivity contribution is 7.99. The maximum Gasteiger partial charge on any atom is 0.224 e. The summed E-state index contributed by atoms with van der Waals surface area (Å²) < 4.78 is 5.38. The molecule has 0 saturated carbocycles. The zero-order valence-corrected chi connectivity index (χ0v) is 16.5. The van der Waals surface area contributed by atoms with E-state index >= 15 is 0 Å². The number of amides is 1. The van der Waals surface area contributed by atoms with Crippen molar-refractivity contribution in [1.29, 1.82) is 0 Å². The molecule has 6 nitrogen and oxygen atoms in total. The quantitative estimate of drug-likeness (QED) is 0.468. The Labute approximate surface area is 168 Å². The van der Waals surface area contributed by atoms with E-state index in [1.165, 1.54) is 5.69 Å². The van der Waals surface area contributed by atoms with Gasteiger partial charge in [-0.05, 0) is 42.8 Å². The number of nitrogens with zero attached hydrogens (tertiary/aromatic N) is 2. The first kappa shape index (κ1) is 18.8. The Kier molecular flexibility index (Phi) is 6.14. The number of carbonyl (C=O) groups excluding carboxylic acids is 1. The number of H-pyrrole nitrogens is 1. The van der Waals surface area contributed by atoms with Crippen LogP contribution in [0.25, 0.3) is 11.0 Å². The third kappa shape index (κ3) is 4.85. The van der Waals surface area contributed by atoms with E-state index < -0.39 is 0 Å². The van der Waals surface area contributed by atoms with Gasteiger partial charge < -0.3 is 19.9 Å². The number of anilines is 2. The van der Waals surface area contributed by atoms with E-state index in [0.717, 1.165) is 60.4 Å². The molecule has 7 heteroatoms. The number of hydrogen-bond acceptors (Lipinski definition) is 5. The zero-order chi connectivity index (χ0) is 19.2. The summed E-state index contributed by atoms with van der Waals surface area (Å²) in [6.07, 6.45) is 1.30. The first-order chi connectivity index (χ1) is 13.8. The van der Waals surface area contributed by atoms with Gasteiger partial charge in [0.2, 0.25) is 5.91 Å². The summed E-state index contributed by atoms with van der Waals surface area (Å²) in [6, 6.07) is 16.0. The van der Waals surface area contributed by atoms with E-state index in [1.54, 1.807) is 11.8 Å². The Morgan fingerprint density at radius 2 is 1.93 bits per heavy atom. The van der Waals surface area contributed by atoms with E-state index in [4.69, 9.17) is 4.74 Å². The van der Waals surface area contributed by atoms with Gasteiger partial charge in [0.25, 0.3) is 0 Å². The van der Waals surface area contributed by atoms with Gasteiger partial charge >= 0.3 is 0 Å². The normalized spacial score (nSPS) is 14.4. The van der Waals surface area contributed by atoms with Crippen LogP contribution in [0.15, 0.2) is 53.7 Å². The summed E-state index contributed by atoms with van der Waals surface area (Å²) in [7, 11) is 0. The van der Waals surface area contributed by atoms with Crippen LogP contribution in [0.2, 0.25) is 0 Å². The number of para-hydroxylation sites is 2. The number of aromatic nitrogens is 2. The molecule has 0 bridgehead atoms. The average molecular weight is 397 g/mol. The molecule has 2 aromatic carbocycles. The van der Waals surface area contributed by atoms with Gasteiger partial charge in [-0.1, -0.05) is 23.9 Å². The predicted octanol–water partition coefficient (Wildman–Crippen LogP) is 3.91. The second-order valence-electron chi connectivity index (χ2n) is 6.71. The van der Waals surface area contributed by atoms with Crippen LogP contribution in [-0.2, 0) is 9.53 Å². The molecule has 0 atom stereocenters. The molecular formula is C21H24N4O2S. The van der Waals surface area contributed by atoms with E-state index in [-0.39, 0.29) is 5.91 Å². The van der Waals surface area contributed by atoms with E-state index in [0.29, 0.717) is 6.42 Å². The molecule has 1 amide bonds.